The van der Waals surface area contributed by atoms with Crippen molar-refractivity contribution in [3.05, 3.63) is 0 Å². The van der Waals surface area contributed by atoms with Crippen LogP contribution in [-0.4, -0.2) is 44.0 Å². The quantitative estimate of drug-likeness (QED) is 0.718. The van der Waals surface area contributed by atoms with Gasteiger partial charge in [-0.25, -0.2) is 0 Å². The van der Waals surface area contributed by atoms with E-state index < -0.39 is 0 Å². The molecule has 1 heterocycles. The van der Waals surface area contributed by atoms with Gasteiger partial charge in [0.2, 0.25) is 5.91 Å². The first-order chi connectivity index (χ1) is 7.66. The Morgan fingerprint density at radius 3 is 2.56 bits per heavy atom. The van der Waals surface area contributed by atoms with Gasteiger partial charge in [-0.05, 0) is 51.7 Å². The molecule has 3 N–H and O–H groups in total. The number of amides is 1. The molecular weight excluding hydrogens is 202 g/mol. The molecule has 2 fully saturated rings. The van der Waals surface area contributed by atoms with E-state index in [1.165, 1.54) is 12.8 Å². The summed E-state index contributed by atoms with van der Waals surface area (Å²) in [7, 11) is 2.16. The van der Waals surface area contributed by atoms with Crippen LogP contribution in [0.5, 0.6) is 0 Å². The van der Waals surface area contributed by atoms with Crippen molar-refractivity contribution in [2.45, 2.75) is 25.7 Å². The predicted octanol–water partition coefficient (Wildman–Crippen LogP) is 0.183. The molecule has 4 heteroatoms. The van der Waals surface area contributed by atoms with Crippen molar-refractivity contribution in [3.63, 3.8) is 0 Å². The van der Waals surface area contributed by atoms with Crippen LogP contribution in [0.3, 0.4) is 0 Å². The third-order valence-electron chi connectivity index (χ3n) is 4.12. The highest BCUT2D eigenvalue weighted by Gasteiger charge is 2.48. The van der Waals surface area contributed by atoms with Gasteiger partial charge in [0.15, 0.2) is 0 Å². The summed E-state index contributed by atoms with van der Waals surface area (Å²) in [6, 6.07) is 0. The minimum atomic E-state index is -0.189. The van der Waals surface area contributed by atoms with E-state index in [4.69, 9.17) is 5.73 Å². The second-order valence-corrected chi connectivity index (χ2v) is 5.44. The Morgan fingerprint density at radius 2 is 2.06 bits per heavy atom. The van der Waals surface area contributed by atoms with Crippen molar-refractivity contribution in [2.24, 2.45) is 17.1 Å². The van der Waals surface area contributed by atoms with Crippen molar-refractivity contribution in [1.82, 2.24) is 10.2 Å². The summed E-state index contributed by atoms with van der Waals surface area (Å²) in [6.45, 7) is 3.66. The van der Waals surface area contributed by atoms with Crippen LogP contribution in [0.4, 0.5) is 0 Å². The van der Waals surface area contributed by atoms with Crippen LogP contribution >= 0.6 is 0 Å². The Hall–Kier alpha value is -0.610. The molecule has 0 atom stereocenters. The summed E-state index contributed by atoms with van der Waals surface area (Å²) < 4.78 is 0. The first-order valence-corrected chi connectivity index (χ1v) is 6.33. The molecule has 16 heavy (non-hydrogen) atoms. The van der Waals surface area contributed by atoms with E-state index in [-0.39, 0.29) is 11.3 Å². The number of nitrogens with two attached hydrogens (primary N) is 1. The number of carbonyl (C=O) groups is 1. The normalized spacial score (nSPS) is 25.4. The molecule has 1 amide bonds. The number of carbonyl (C=O) groups excluding carboxylic acids is 1. The van der Waals surface area contributed by atoms with Crippen LogP contribution in [-0.2, 0) is 4.79 Å². The van der Waals surface area contributed by atoms with E-state index in [0.717, 1.165) is 32.5 Å². The number of hydrogen-bond acceptors (Lipinski definition) is 3. The van der Waals surface area contributed by atoms with Crippen LogP contribution < -0.4 is 11.1 Å². The minimum absolute atomic E-state index is 0.189. The Kier molecular flexibility index (Phi) is 3.50. The van der Waals surface area contributed by atoms with Gasteiger partial charge in [0.05, 0.1) is 5.41 Å². The molecule has 1 aliphatic heterocycles. The molecular formula is C12H23N3O. The molecule has 0 aromatic heterocycles. The summed E-state index contributed by atoms with van der Waals surface area (Å²) in [6.07, 6.45) is 4.35. The summed E-state index contributed by atoms with van der Waals surface area (Å²) in [5.41, 5.74) is 5.44. The molecule has 0 bridgehead atoms. The van der Waals surface area contributed by atoms with Gasteiger partial charge in [-0.2, -0.15) is 0 Å². The van der Waals surface area contributed by atoms with Crippen LogP contribution in [0.15, 0.2) is 0 Å². The fourth-order valence-electron chi connectivity index (χ4n) is 2.37. The van der Waals surface area contributed by atoms with Gasteiger partial charge in [-0.1, -0.05) is 0 Å². The second-order valence-electron chi connectivity index (χ2n) is 5.44. The maximum absolute atomic E-state index is 11.9. The fraction of sp³-hybridized carbons (Fsp3) is 0.917. The van der Waals surface area contributed by atoms with Crippen molar-refractivity contribution in [1.29, 1.82) is 0 Å². The SMILES string of the molecule is CN1CCC(CNC(=O)C2(CN)CC2)CC1. The Bertz CT molecular complexity index is 255. The van der Waals surface area contributed by atoms with Crippen LogP contribution in [0.1, 0.15) is 25.7 Å². The molecule has 0 aromatic rings. The first-order valence-electron chi connectivity index (χ1n) is 6.33. The van der Waals surface area contributed by atoms with Crippen molar-refractivity contribution in [2.75, 3.05) is 33.2 Å². The number of nitrogens with zero attached hydrogens (tertiary/aromatic N) is 1. The molecule has 92 valence electrons. The van der Waals surface area contributed by atoms with Crippen molar-refractivity contribution in [3.8, 4) is 0 Å². The van der Waals surface area contributed by atoms with E-state index in [9.17, 15) is 4.79 Å². The second kappa shape index (κ2) is 4.72. The third kappa shape index (κ3) is 2.55. The maximum Gasteiger partial charge on any atom is 0.227 e. The molecule has 1 aliphatic carbocycles. The lowest BCUT2D eigenvalue weighted by Crippen LogP contribution is -2.41. The van der Waals surface area contributed by atoms with Crippen LogP contribution in [0.2, 0.25) is 0 Å². The van der Waals surface area contributed by atoms with E-state index in [1.807, 2.05) is 0 Å². The van der Waals surface area contributed by atoms with E-state index >= 15 is 0 Å². The van der Waals surface area contributed by atoms with Gasteiger partial charge in [-0.15, -0.1) is 0 Å². The van der Waals surface area contributed by atoms with E-state index in [1.54, 1.807) is 0 Å². The van der Waals surface area contributed by atoms with Crippen LogP contribution in [0.25, 0.3) is 0 Å². The monoisotopic (exact) mass is 225 g/mol. The molecule has 4 nitrogen and oxygen atoms in total. The zero-order valence-corrected chi connectivity index (χ0v) is 10.2. The summed E-state index contributed by atoms with van der Waals surface area (Å²) in [4.78, 5) is 14.2. The molecule has 0 radical (unpaired) electrons. The fourth-order valence-corrected chi connectivity index (χ4v) is 2.37. The van der Waals surface area contributed by atoms with Gasteiger partial charge in [0.25, 0.3) is 0 Å². The number of rotatable bonds is 4. The number of piperidine rings is 1. The highest BCUT2D eigenvalue weighted by atomic mass is 16.2. The summed E-state index contributed by atoms with van der Waals surface area (Å²) >= 11 is 0. The molecule has 2 rings (SSSR count). The average molecular weight is 225 g/mol. The summed E-state index contributed by atoms with van der Waals surface area (Å²) in [5.74, 6) is 0.850. The highest BCUT2D eigenvalue weighted by molar-refractivity contribution is 5.85. The van der Waals surface area contributed by atoms with Gasteiger partial charge in [0.1, 0.15) is 0 Å². The van der Waals surface area contributed by atoms with Gasteiger partial charge >= 0.3 is 0 Å². The molecule has 1 saturated carbocycles. The standard InChI is InChI=1S/C12H23N3O/c1-15-6-2-10(3-7-15)8-14-11(16)12(9-13)4-5-12/h10H,2-9,13H2,1H3,(H,14,16). The van der Waals surface area contributed by atoms with E-state index in [0.29, 0.717) is 12.5 Å². The zero-order chi connectivity index (χ0) is 11.6. The first kappa shape index (κ1) is 11.9. The molecule has 1 saturated heterocycles. The number of hydrogen-bond donors (Lipinski definition) is 2. The molecule has 2 aliphatic rings. The smallest absolute Gasteiger partial charge is 0.227 e. The maximum atomic E-state index is 11.9. The molecule has 0 unspecified atom stereocenters. The average Bonchev–Trinajstić information content (AvgIpc) is 3.09. The van der Waals surface area contributed by atoms with Crippen molar-refractivity contribution < 1.29 is 4.79 Å². The Morgan fingerprint density at radius 1 is 1.44 bits per heavy atom. The predicted molar refractivity (Wildman–Crippen MR) is 64.0 cm³/mol. The van der Waals surface area contributed by atoms with E-state index in [2.05, 4.69) is 17.3 Å². The number of likely N-dealkylation sites (tertiary alicyclic amines) is 1. The molecule has 0 spiro atoms. The molecule has 0 aromatic carbocycles. The largest absolute Gasteiger partial charge is 0.355 e. The Labute approximate surface area is 97.6 Å². The van der Waals surface area contributed by atoms with Gasteiger partial charge in [-0.3, -0.25) is 4.79 Å². The lowest BCUT2D eigenvalue weighted by atomic mass is 9.96. The summed E-state index contributed by atoms with van der Waals surface area (Å²) in [5, 5.41) is 3.08. The van der Waals surface area contributed by atoms with Gasteiger partial charge < -0.3 is 16.0 Å². The lowest BCUT2D eigenvalue weighted by Gasteiger charge is -2.29. The highest BCUT2D eigenvalue weighted by Crippen LogP contribution is 2.44. The zero-order valence-electron chi connectivity index (χ0n) is 10.2. The minimum Gasteiger partial charge on any atom is -0.355 e. The third-order valence-corrected chi connectivity index (χ3v) is 4.12. The van der Waals surface area contributed by atoms with Gasteiger partial charge in [0, 0.05) is 13.1 Å². The lowest BCUT2D eigenvalue weighted by molar-refractivity contribution is -0.126. The van der Waals surface area contributed by atoms with Crippen molar-refractivity contribution >= 4 is 5.91 Å². The topological polar surface area (TPSA) is 58.4 Å². The number of nitrogens with one attached hydrogen (secondary N) is 1. The van der Waals surface area contributed by atoms with Crippen LogP contribution in [0, 0.1) is 11.3 Å². The Balaban J connectivity index is 1.69.